The zero-order chi connectivity index (χ0) is 8.27. The summed E-state index contributed by atoms with van der Waals surface area (Å²) in [6, 6.07) is 0. The smallest absolute Gasteiger partial charge is 0.0948 e. The van der Waals surface area contributed by atoms with E-state index in [4.69, 9.17) is 0 Å². The van der Waals surface area contributed by atoms with Crippen molar-refractivity contribution < 1.29 is 0 Å². The average molecular weight is 152 g/mol. The Hall–Kier alpha value is -1.32. The number of rotatable bonds is 2. The van der Waals surface area contributed by atoms with Crippen LogP contribution in [0.3, 0.4) is 0 Å². The SMILES string of the molecule is CN(C)N=Cc1cncn1C. The van der Waals surface area contributed by atoms with Gasteiger partial charge in [-0.25, -0.2) is 4.98 Å². The molecule has 0 radical (unpaired) electrons. The first-order valence-electron chi connectivity index (χ1n) is 3.38. The van der Waals surface area contributed by atoms with E-state index >= 15 is 0 Å². The minimum atomic E-state index is 0.999. The summed E-state index contributed by atoms with van der Waals surface area (Å²) in [5, 5.41) is 5.82. The quantitative estimate of drug-likeness (QED) is 0.451. The Morgan fingerprint density at radius 3 is 2.82 bits per heavy atom. The van der Waals surface area contributed by atoms with Gasteiger partial charge in [-0.05, 0) is 0 Å². The Labute approximate surface area is 66.2 Å². The molecule has 0 aliphatic heterocycles. The third-order valence-electron chi connectivity index (χ3n) is 1.27. The summed E-state index contributed by atoms with van der Waals surface area (Å²) >= 11 is 0. The van der Waals surface area contributed by atoms with Gasteiger partial charge in [0.1, 0.15) is 0 Å². The van der Waals surface area contributed by atoms with Gasteiger partial charge in [-0.3, -0.25) is 0 Å². The van der Waals surface area contributed by atoms with Crippen molar-refractivity contribution in [2.45, 2.75) is 0 Å². The molecule has 0 N–H and O–H groups in total. The summed E-state index contributed by atoms with van der Waals surface area (Å²) in [6.45, 7) is 0. The number of hydrazone groups is 1. The fraction of sp³-hybridized carbons (Fsp3) is 0.429. The molecular weight excluding hydrogens is 140 g/mol. The maximum atomic E-state index is 4.08. The summed E-state index contributed by atoms with van der Waals surface area (Å²) in [4.78, 5) is 3.95. The van der Waals surface area contributed by atoms with Crippen molar-refractivity contribution in [2.24, 2.45) is 12.1 Å². The molecule has 0 aromatic carbocycles. The molecule has 0 saturated carbocycles. The largest absolute Gasteiger partial charge is 0.333 e. The van der Waals surface area contributed by atoms with Crippen LogP contribution in [0.15, 0.2) is 17.6 Å². The van der Waals surface area contributed by atoms with Crippen molar-refractivity contribution in [3.8, 4) is 0 Å². The van der Waals surface area contributed by atoms with Gasteiger partial charge in [0.15, 0.2) is 0 Å². The van der Waals surface area contributed by atoms with Crippen molar-refractivity contribution in [1.29, 1.82) is 0 Å². The van der Waals surface area contributed by atoms with Gasteiger partial charge < -0.3 is 9.58 Å². The van der Waals surface area contributed by atoms with E-state index in [1.54, 1.807) is 23.7 Å². The second-order valence-corrected chi connectivity index (χ2v) is 2.52. The maximum Gasteiger partial charge on any atom is 0.0948 e. The first-order valence-corrected chi connectivity index (χ1v) is 3.38. The molecule has 0 aliphatic carbocycles. The summed E-state index contributed by atoms with van der Waals surface area (Å²) in [5.74, 6) is 0. The molecule has 0 aliphatic rings. The van der Waals surface area contributed by atoms with E-state index < -0.39 is 0 Å². The van der Waals surface area contributed by atoms with Crippen LogP contribution in [0.4, 0.5) is 0 Å². The second-order valence-electron chi connectivity index (χ2n) is 2.52. The van der Waals surface area contributed by atoms with Gasteiger partial charge >= 0.3 is 0 Å². The molecule has 0 saturated heterocycles. The Balaban J connectivity index is 2.71. The van der Waals surface area contributed by atoms with Crippen molar-refractivity contribution in [3.63, 3.8) is 0 Å². The van der Waals surface area contributed by atoms with Crippen molar-refractivity contribution in [2.75, 3.05) is 14.1 Å². The lowest BCUT2D eigenvalue weighted by Gasteiger charge is -2.01. The van der Waals surface area contributed by atoms with E-state index in [2.05, 4.69) is 10.1 Å². The highest BCUT2D eigenvalue weighted by molar-refractivity contribution is 5.76. The lowest BCUT2D eigenvalue weighted by atomic mass is 10.5. The van der Waals surface area contributed by atoms with E-state index in [0.29, 0.717) is 0 Å². The number of nitrogens with zero attached hydrogens (tertiary/aromatic N) is 4. The Morgan fingerprint density at radius 1 is 1.64 bits per heavy atom. The number of imidazole rings is 1. The summed E-state index contributed by atoms with van der Waals surface area (Å²) in [6.07, 6.45) is 5.29. The van der Waals surface area contributed by atoms with Crippen LogP contribution in [0.5, 0.6) is 0 Å². The molecule has 0 spiro atoms. The number of hydrogen-bond donors (Lipinski definition) is 0. The fourth-order valence-electron chi connectivity index (χ4n) is 0.666. The van der Waals surface area contributed by atoms with Crippen LogP contribution < -0.4 is 0 Å². The lowest BCUT2D eigenvalue weighted by molar-refractivity contribution is 0.440. The first kappa shape index (κ1) is 7.78. The van der Waals surface area contributed by atoms with Crippen LogP contribution >= 0.6 is 0 Å². The predicted molar refractivity (Wildman–Crippen MR) is 44.5 cm³/mol. The molecular formula is C7H12N4. The van der Waals surface area contributed by atoms with Crippen LogP contribution in [0.2, 0.25) is 0 Å². The molecule has 0 fully saturated rings. The van der Waals surface area contributed by atoms with E-state index in [0.717, 1.165) is 5.69 Å². The Kier molecular flexibility index (Phi) is 2.25. The van der Waals surface area contributed by atoms with Gasteiger partial charge in [0, 0.05) is 21.1 Å². The predicted octanol–water partition coefficient (Wildman–Crippen LogP) is 0.316. The topological polar surface area (TPSA) is 33.4 Å². The highest BCUT2D eigenvalue weighted by atomic mass is 15.4. The van der Waals surface area contributed by atoms with E-state index in [-0.39, 0.29) is 0 Å². The van der Waals surface area contributed by atoms with Crippen molar-refractivity contribution in [1.82, 2.24) is 14.6 Å². The minimum Gasteiger partial charge on any atom is -0.333 e. The molecule has 1 aromatic rings. The molecule has 1 aromatic heterocycles. The van der Waals surface area contributed by atoms with Gasteiger partial charge in [-0.2, -0.15) is 5.10 Å². The second kappa shape index (κ2) is 3.18. The zero-order valence-corrected chi connectivity index (χ0v) is 7.02. The van der Waals surface area contributed by atoms with E-state index in [1.807, 2.05) is 25.7 Å². The molecule has 0 unspecified atom stereocenters. The molecule has 1 rings (SSSR count). The molecule has 11 heavy (non-hydrogen) atoms. The normalized spacial score (nSPS) is 10.8. The van der Waals surface area contributed by atoms with Crippen LogP contribution in [0.25, 0.3) is 0 Å². The average Bonchev–Trinajstić information content (AvgIpc) is 2.31. The number of aryl methyl sites for hydroxylation is 1. The molecule has 0 amide bonds. The van der Waals surface area contributed by atoms with Crippen LogP contribution in [-0.2, 0) is 7.05 Å². The Morgan fingerprint density at radius 2 is 2.36 bits per heavy atom. The lowest BCUT2D eigenvalue weighted by Crippen LogP contribution is -2.03. The summed E-state index contributed by atoms with van der Waals surface area (Å²) in [7, 11) is 5.70. The van der Waals surface area contributed by atoms with E-state index in [9.17, 15) is 0 Å². The molecule has 0 bridgehead atoms. The summed E-state index contributed by atoms with van der Waals surface area (Å²) in [5.41, 5.74) is 0.999. The summed E-state index contributed by atoms with van der Waals surface area (Å²) < 4.78 is 1.91. The standard InChI is InChI=1S/C7H12N4/c1-10(2)9-5-7-4-8-6-11(7)3/h4-6H,1-3H3. The van der Waals surface area contributed by atoms with Gasteiger partial charge in [-0.1, -0.05) is 0 Å². The van der Waals surface area contributed by atoms with Gasteiger partial charge in [0.05, 0.1) is 24.4 Å². The molecule has 1 heterocycles. The van der Waals surface area contributed by atoms with Crippen molar-refractivity contribution >= 4 is 6.21 Å². The van der Waals surface area contributed by atoms with Crippen LogP contribution in [-0.4, -0.2) is 34.9 Å². The minimum absolute atomic E-state index is 0.999. The highest BCUT2D eigenvalue weighted by Gasteiger charge is 1.91. The molecule has 60 valence electrons. The van der Waals surface area contributed by atoms with Crippen molar-refractivity contribution in [3.05, 3.63) is 18.2 Å². The zero-order valence-electron chi connectivity index (χ0n) is 7.02. The molecule has 4 nitrogen and oxygen atoms in total. The third kappa shape index (κ3) is 2.07. The third-order valence-corrected chi connectivity index (χ3v) is 1.27. The number of hydrogen-bond acceptors (Lipinski definition) is 3. The monoisotopic (exact) mass is 152 g/mol. The van der Waals surface area contributed by atoms with Gasteiger partial charge in [0.2, 0.25) is 0 Å². The first-order chi connectivity index (χ1) is 5.20. The number of aromatic nitrogens is 2. The fourth-order valence-corrected chi connectivity index (χ4v) is 0.666. The van der Waals surface area contributed by atoms with Gasteiger partial charge in [0.25, 0.3) is 0 Å². The Bertz CT molecular complexity index is 249. The van der Waals surface area contributed by atoms with E-state index in [1.165, 1.54) is 0 Å². The molecule has 0 atom stereocenters. The van der Waals surface area contributed by atoms with Crippen LogP contribution in [0, 0.1) is 0 Å². The van der Waals surface area contributed by atoms with Gasteiger partial charge in [-0.15, -0.1) is 0 Å². The highest BCUT2D eigenvalue weighted by Crippen LogP contribution is 1.91. The maximum absolute atomic E-state index is 4.08. The van der Waals surface area contributed by atoms with Crippen LogP contribution in [0.1, 0.15) is 5.69 Å². The molecule has 4 heteroatoms.